The van der Waals surface area contributed by atoms with E-state index in [-0.39, 0.29) is 12.5 Å². The van der Waals surface area contributed by atoms with Crippen molar-refractivity contribution in [1.82, 2.24) is 15.1 Å². The Kier molecular flexibility index (Phi) is 2.60. The Hall–Kier alpha value is -0.890. The highest BCUT2D eigenvalue weighted by atomic mass is 31.0. The number of hydrogen-bond acceptors (Lipinski definition) is 2. The molecular weight excluding hydrogens is 161 g/mol. The molecular formula is C6H10N3OP. The number of carbonyl (C=O) groups excluding carboxylic acids is 1. The molecule has 0 saturated heterocycles. The Morgan fingerprint density at radius 3 is 3.09 bits per heavy atom. The Bertz CT molecular complexity index is 258. The van der Waals surface area contributed by atoms with Crippen LogP contribution in [0.3, 0.4) is 0 Å². The largest absolute Gasteiger partial charge is 0.358 e. The zero-order chi connectivity index (χ0) is 8.27. The lowest BCUT2D eigenvalue weighted by molar-refractivity contribution is -0.121. The monoisotopic (exact) mass is 171 g/mol. The van der Waals surface area contributed by atoms with Crippen molar-refractivity contribution in [2.75, 3.05) is 7.05 Å². The van der Waals surface area contributed by atoms with Crippen LogP contribution in [0.4, 0.5) is 0 Å². The van der Waals surface area contributed by atoms with E-state index >= 15 is 0 Å². The summed E-state index contributed by atoms with van der Waals surface area (Å²) in [5.41, 5.74) is 0. The van der Waals surface area contributed by atoms with Crippen LogP contribution >= 0.6 is 9.24 Å². The maximum atomic E-state index is 10.8. The van der Waals surface area contributed by atoms with Crippen LogP contribution < -0.4 is 10.6 Å². The molecule has 1 atom stereocenters. The molecule has 0 aliphatic carbocycles. The summed E-state index contributed by atoms with van der Waals surface area (Å²) in [6.07, 6.45) is 3.48. The lowest BCUT2D eigenvalue weighted by atomic mass is 10.6. The number of aromatic nitrogens is 2. The van der Waals surface area contributed by atoms with Crippen molar-refractivity contribution < 1.29 is 4.79 Å². The molecule has 1 amide bonds. The lowest BCUT2D eigenvalue weighted by Gasteiger charge is -1.97. The fourth-order valence-electron chi connectivity index (χ4n) is 0.692. The van der Waals surface area contributed by atoms with Crippen molar-refractivity contribution in [3.05, 3.63) is 12.4 Å². The van der Waals surface area contributed by atoms with E-state index in [1.54, 1.807) is 24.1 Å². The predicted molar refractivity (Wildman–Crippen MR) is 45.6 cm³/mol. The van der Waals surface area contributed by atoms with Gasteiger partial charge in [-0.25, -0.2) is 0 Å². The van der Waals surface area contributed by atoms with Gasteiger partial charge in [-0.2, -0.15) is 5.10 Å². The van der Waals surface area contributed by atoms with Crippen molar-refractivity contribution >= 4 is 20.5 Å². The van der Waals surface area contributed by atoms with Crippen molar-refractivity contribution in [1.29, 1.82) is 0 Å². The molecule has 0 bridgehead atoms. The van der Waals surface area contributed by atoms with Gasteiger partial charge in [-0.3, -0.25) is 9.48 Å². The van der Waals surface area contributed by atoms with Gasteiger partial charge in [-0.15, -0.1) is 9.24 Å². The second-order valence-corrected chi connectivity index (χ2v) is 2.81. The normalized spacial score (nSPS) is 9.64. The van der Waals surface area contributed by atoms with Crippen molar-refractivity contribution in [3.63, 3.8) is 0 Å². The predicted octanol–water partition coefficient (Wildman–Crippen LogP) is -0.871. The van der Waals surface area contributed by atoms with Gasteiger partial charge < -0.3 is 5.32 Å². The summed E-state index contributed by atoms with van der Waals surface area (Å²) in [5.74, 6) is -0.0434. The minimum Gasteiger partial charge on any atom is -0.358 e. The SMILES string of the molecule is CNC(=O)Cn1cc(P)cn1. The third kappa shape index (κ3) is 2.31. The first-order valence-corrected chi connectivity index (χ1v) is 3.78. The molecule has 0 saturated carbocycles. The first kappa shape index (κ1) is 8.21. The van der Waals surface area contributed by atoms with E-state index in [1.165, 1.54) is 0 Å². The quantitative estimate of drug-likeness (QED) is 0.588. The van der Waals surface area contributed by atoms with Crippen LogP contribution in [0, 0.1) is 0 Å². The van der Waals surface area contributed by atoms with Gasteiger partial charge in [0, 0.05) is 18.5 Å². The topological polar surface area (TPSA) is 46.9 Å². The second kappa shape index (κ2) is 3.49. The fourth-order valence-corrected chi connectivity index (χ4v) is 0.931. The number of nitrogens with zero attached hydrogens (tertiary/aromatic N) is 2. The van der Waals surface area contributed by atoms with Crippen LogP contribution in [-0.2, 0) is 11.3 Å². The first-order chi connectivity index (χ1) is 5.22. The van der Waals surface area contributed by atoms with E-state index in [4.69, 9.17) is 0 Å². The number of nitrogens with one attached hydrogen (secondary N) is 1. The average Bonchev–Trinajstić information content (AvgIpc) is 2.35. The summed E-state index contributed by atoms with van der Waals surface area (Å²) in [7, 11) is 4.12. The molecule has 60 valence electrons. The van der Waals surface area contributed by atoms with Gasteiger partial charge in [-0.05, 0) is 0 Å². The van der Waals surface area contributed by atoms with E-state index in [2.05, 4.69) is 19.7 Å². The average molecular weight is 171 g/mol. The van der Waals surface area contributed by atoms with Crippen molar-refractivity contribution in [2.24, 2.45) is 0 Å². The van der Waals surface area contributed by atoms with E-state index < -0.39 is 0 Å². The molecule has 0 aliphatic rings. The Labute approximate surface area is 67.2 Å². The van der Waals surface area contributed by atoms with Crippen LogP contribution in [0.1, 0.15) is 0 Å². The van der Waals surface area contributed by atoms with Crippen LogP contribution in [0.15, 0.2) is 12.4 Å². The Balaban J connectivity index is 2.57. The minimum absolute atomic E-state index is 0.0434. The van der Waals surface area contributed by atoms with E-state index in [0.717, 1.165) is 5.30 Å². The standard InChI is InChI=1S/C6H10N3OP/c1-7-6(10)4-9-3-5(11)2-8-9/h2-3H,4,11H2,1H3,(H,7,10). The molecule has 11 heavy (non-hydrogen) atoms. The first-order valence-electron chi connectivity index (χ1n) is 3.21. The highest BCUT2D eigenvalue weighted by Gasteiger charge is 1.99. The van der Waals surface area contributed by atoms with E-state index in [1.807, 2.05) is 0 Å². The molecule has 1 unspecified atom stereocenters. The molecule has 0 aliphatic heterocycles. The van der Waals surface area contributed by atoms with E-state index in [9.17, 15) is 4.79 Å². The molecule has 1 N–H and O–H groups in total. The van der Waals surface area contributed by atoms with Crippen molar-refractivity contribution in [2.45, 2.75) is 6.54 Å². The summed E-state index contributed by atoms with van der Waals surface area (Å²) in [4.78, 5) is 10.8. The van der Waals surface area contributed by atoms with Crippen molar-refractivity contribution in [3.8, 4) is 0 Å². The van der Waals surface area contributed by atoms with Gasteiger partial charge in [0.05, 0.1) is 6.20 Å². The number of carbonyl (C=O) groups is 1. The molecule has 4 nitrogen and oxygen atoms in total. The van der Waals surface area contributed by atoms with Gasteiger partial charge in [0.2, 0.25) is 5.91 Å². The van der Waals surface area contributed by atoms with Crippen LogP contribution in [0.5, 0.6) is 0 Å². The lowest BCUT2D eigenvalue weighted by Crippen LogP contribution is -2.23. The van der Waals surface area contributed by atoms with Gasteiger partial charge >= 0.3 is 0 Å². The molecule has 5 heteroatoms. The second-order valence-electron chi connectivity index (χ2n) is 2.14. The summed E-state index contributed by atoms with van der Waals surface area (Å²) in [6.45, 7) is 0.283. The van der Waals surface area contributed by atoms with Gasteiger partial charge in [0.15, 0.2) is 0 Å². The number of hydrogen-bond donors (Lipinski definition) is 1. The zero-order valence-corrected chi connectivity index (χ0v) is 7.40. The van der Waals surface area contributed by atoms with Crippen LogP contribution in [-0.4, -0.2) is 22.7 Å². The van der Waals surface area contributed by atoms with Crippen LogP contribution in [0.25, 0.3) is 0 Å². The molecule has 0 radical (unpaired) electrons. The summed E-state index contributed by atoms with van der Waals surface area (Å²) in [5, 5.41) is 7.44. The number of rotatable bonds is 2. The molecule has 0 fully saturated rings. The third-order valence-corrected chi connectivity index (χ3v) is 1.54. The van der Waals surface area contributed by atoms with E-state index in [0.29, 0.717) is 0 Å². The summed E-state index contributed by atoms with van der Waals surface area (Å²) < 4.78 is 1.58. The maximum absolute atomic E-state index is 10.8. The maximum Gasteiger partial charge on any atom is 0.241 e. The Morgan fingerprint density at radius 2 is 2.64 bits per heavy atom. The number of amides is 1. The molecule has 1 rings (SSSR count). The smallest absolute Gasteiger partial charge is 0.241 e. The molecule has 0 spiro atoms. The summed E-state index contributed by atoms with van der Waals surface area (Å²) >= 11 is 0. The molecule has 1 aromatic rings. The Morgan fingerprint density at radius 1 is 1.91 bits per heavy atom. The zero-order valence-electron chi connectivity index (χ0n) is 6.24. The van der Waals surface area contributed by atoms with Gasteiger partial charge in [-0.1, -0.05) is 0 Å². The highest BCUT2D eigenvalue weighted by Crippen LogP contribution is 1.87. The fraction of sp³-hybridized carbons (Fsp3) is 0.333. The van der Waals surface area contributed by atoms with Gasteiger partial charge in [0.1, 0.15) is 6.54 Å². The third-order valence-electron chi connectivity index (χ3n) is 1.24. The minimum atomic E-state index is -0.0434. The molecule has 1 aromatic heterocycles. The van der Waals surface area contributed by atoms with Gasteiger partial charge in [0.25, 0.3) is 0 Å². The summed E-state index contributed by atoms with van der Waals surface area (Å²) in [6, 6.07) is 0. The van der Waals surface area contributed by atoms with Crippen LogP contribution in [0.2, 0.25) is 0 Å². The molecule has 1 heterocycles. The molecule has 0 aromatic carbocycles. The highest BCUT2D eigenvalue weighted by molar-refractivity contribution is 7.27. The number of likely N-dealkylation sites (N-methyl/N-ethyl adjacent to an activating group) is 1.